The van der Waals surface area contributed by atoms with Crippen molar-refractivity contribution in [2.75, 3.05) is 20.3 Å². The number of methoxy groups -OCH3 is 1. The fraction of sp³-hybridized carbons (Fsp3) is 0.462. The molecule has 0 bridgehead atoms. The van der Waals surface area contributed by atoms with Gasteiger partial charge in [-0.2, -0.15) is 0 Å². The Morgan fingerprint density at radius 2 is 2.17 bits per heavy atom. The first kappa shape index (κ1) is 12.9. The second kappa shape index (κ2) is 6.37. The van der Waals surface area contributed by atoms with Crippen molar-refractivity contribution in [2.45, 2.75) is 19.9 Å². The molecule has 0 amide bonds. The Balaban J connectivity index is 1.93. The van der Waals surface area contributed by atoms with Crippen LogP contribution in [0.5, 0.6) is 0 Å². The number of nitrogens with zero attached hydrogens (tertiary/aromatic N) is 1. The molecule has 98 valence electrons. The van der Waals surface area contributed by atoms with Gasteiger partial charge < -0.3 is 18.9 Å². The first-order valence-electron chi connectivity index (χ1n) is 6.07. The predicted octanol–water partition coefficient (Wildman–Crippen LogP) is 2.23. The van der Waals surface area contributed by atoms with E-state index in [-0.39, 0.29) is 0 Å². The summed E-state index contributed by atoms with van der Waals surface area (Å²) in [6.07, 6.45) is 2.56. The average molecular weight is 250 g/mol. The summed E-state index contributed by atoms with van der Waals surface area (Å²) in [7, 11) is 1.67. The summed E-state index contributed by atoms with van der Waals surface area (Å²) in [5.74, 6) is 2.98. The summed E-state index contributed by atoms with van der Waals surface area (Å²) in [6.45, 7) is 4.08. The van der Waals surface area contributed by atoms with Crippen LogP contribution in [0.2, 0.25) is 0 Å². The van der Waals surface area contributed by atoms with Crippen molar-refractivity contribution in [1.29, 1.82) is 0 Å². The molecule has 18 heavy (non-hydrogen) atoms. The summed E-state index contributed by atoms with van der Waals surface area (Å²) in [5, 5.41) is 3.17. The highest BCUT2D eigenvalue weighted by Gasteiger charge is 2.09. The maximum Gasteiger partial charge on any atom is 0.209 e. The summed E-state index contributed by atoms with van der Waals surface area (Å²) in [6, 6.07) is 3.86. The quantitative estimate of drug-likeness (QED) is 0.763. The van der Waals surface area contributed by atoms with Crippen LogP contribution in [0, 0.1) is 0 Å². The third-order valence-corrected chi connectivity index (χ3v) is 2.57. The topological polar surface area (TPSA) is 60.4 Å². The zero-order chi connectivity index (χ0) is 12.8. The predicted molar refractivity (Wildman–Crippen MR) is 67.2 cm³/mol. The highest BCUT2D eigenvalue weighted by molar-refractivity contribution is 5.48. The maximum absolute atomic E-state index is 5.60. The van der Waals surface area contributed by atoms with Crippen molar-refractivity contribution in [3.63, 3.8) is 0 Å². The van der Waals surface area contributed by atoms with Gasteiger partial charge in [-0.1, -0.05) is 6.92 Å². The Kier molecular flexibility index (Phi) is 4.55. The minimum Gasteiger partial charge on any atom is -0.458 e. The van der Waals surface area contributed by atoms with Gasteiger partial charge in [0.2, 0.25) is 5.89 Å². The van der Waals surface area contributed by atoms with Crippen LogP contribution in [0.3, 0.4) is 0 Å². The Hall–Kier alpha value is -1.59. The molecule has 1 N–H and O–H groups in total. The normalized spacial score (nSPS) is 11.0. The van der Waals surface area contributed by atoms with Crippen LogP contribution in [-0.4, -0.2) is 25.2 Å². The zero-order valence-corrected chi connectivity index (χ0v) is 10.7. The number of aryl methyl sites for hydroxylation is 1. The number of nitrogens with one attached hydrogen (secondary N) is 1. The fourth-order valence-corrected chi connectivity index (χ4v) is 1.58. The monoisotopic (exact) mass is 250 g/mol. The molecule has 0 aromatic carbocycles. The van der Waals surface area contributed by atoms with E-state index < -0.39 is 0 Å². The molecule has 0 unspecified atom stereocenters. The van der Waals surface area contributed by atoms with E-state index in [9.17, 15) is 0 Å². The van der Waals surface area contributed by atoms with Crippen molar-refractivity contribution in [2.24, 2.45) is 0 Å². The van der Waals surface area contributed by atoms with Gasteiger partial charge in [0, 0.05) is 20.1 Å². The molecule has 0 fully saturated rings. The molecule has 0 saturated heterocycles. The zero-order valence-electron chi connectivity index (χ0n) is 10.7. The molecule has 0 saturated carbocycles. The highest BCUT2D eigenvalue weighted by atomic mass is 16.5. The molecule has 5 nitrogen and oxygen atoms in total. The molecule has 2 heterocycles. The Bertz CT molecular complexity index is 476. The first-order chi connectivity index (χ1) is 8.83. The van der Waals surface area contributed by atoms with Gasteiger partial charge in [0.05, 0.1) is 19.3 Å². The lowest BCUT2D eigenvalue weighted by atomic mass is 10.3. The van der Waals surface area contributed by atoms with Gasteiger partial charge in [0.15, 0.2) is 11.5 Å². The lowest BCUT2D eigenvalue weighted by Gasteiger charge is -1.99. The second-order valence-electron chi connectivity index (χ2n) is 3.91. The third-order valence-electron chi connectivity index (χ3n) is 2.57. The van der Waals surface area contributed by atoms with Crippen LogP contribution in [0.15, 0.2) is 27.2 Å². The molecular weight excluding hydrogens is 232 g/mol. The Morgan fingerprint density at radius 3 is 2.89 bits per heavy atom. The van der Waals surface area contributed by atoms with Gasteiger partial charge in [-0.25, -0.2) is 4.98 Å². The van der Waals surface area contributed by atoms with Crippen LogP contribution in [-0.2, 0) is 17.7 Å². The molecule has 0 atom stereocenters. The van der Waals surface area contributed by atoms with Crippen LogP contribution in [0.1, 0.15) is 18.6 Å². The van der Waals surface area contributed by atoms with Crippen molar-refractivity contribution < 1.29 is 13.6 Å². The van der Waals surface area contributed by atoms with Gasteiger partial charge >= 0.3 is 0 Å². The number of furan rings is 1. The standard InChI is InChI=1S/C13H18N2O3/c1-3-10-4-5-11(17-10)12-8-15-13(18-12)9-14-6-7-16-2/h4-5,8,14H,3,6-7,9H2,1-2H3. The fourth-order valence-electron chi connectivity index (χ4n) is 1.58. The molecule has 0 aliphatic carbocycles. The van der Waals surface area contributed by atoms with Gasteiger partial charge in [0.25, 0.3) is 0 Å². The summed E-state index contributed by atoms with van der Waals surface area (Å²) in [4.78, 5) is 4.20. The molecule has 0 aliphatic heterocycles. The Morgan fingerprint density at radius 1 is 1.28 bits per heavy atom. The van der Waals surface area contributed by atoms with E-state index >= 15 is 0 Å². The van der Waals surface area contributed by atoms with Gasteiger partial charge in [-0.15, -0.1) is 0 Å². The van der Waals surface area contributed by atoms with Crippen molar-refractivity contribution in [3.8, 4) is 11.5 Å². The van der Waals surface area contributed by atoms with Gasteiger partial charge in [-0.05, 0) is 12.1 Å². The van der Waals surface area contributed by atoms with E-state index in [0.717, 1.165) is 24.5 Å². The van der Waals surface area contributed by atoms with E-state index in [0.29, 0.717) is 24.8 Å². The molecule has 2 aromatic heterocycles. The number of hydrogen-bond acceptors (Lipinski definition) is 5. The van der Waals surface area contributed by atoms with E-state index in [1.54, 1.807) is 13.3 Å². The number of oxazole rings is 1. The maximum atomic E-state index is 5.60. The first-order valence-corrected chi connectivity index (χ1v) is 6.07. The van der Waals surface area contributed by atoms with Gasteiger partial charge in [0.1, 0.15) is 5.76 Å². The van der Waals surface area contributed by atoms with Crippen LogP contribution >= 0.6 is 0 Å². The Labute approximate surface area is 106 Å². The van der Waals surface area contributed by atoms with Crippen LogP contribution in [0.4, 0.5) is 0 Å². The molecule has 2 rings (SSSR count). The molecule has 0 aliphatic rings. The molecule has 0 spiro atoms. The number of hydrogen-bond donors (Lipinski definition) is 1. The molecule has 2 aromatic rings. The van der Waals surface area contributed by atoms with Crippen LogP contribution < -0.4 is 5.32 Å². The largest absolute Gasteiger partial charge is 0.458 e. The summed E-state index contributed by atoms with van der Waals surface area (Å²) in [5.41, 5.74) is 0. The lowest BCUT2D eigenvalue weighted by molar-refractivity contribution is 0.198. The van der Waals surface area contributed by atoms with E-state index in [1.807, 2.05) is 19.1 Å². The number of rotatable bonds is 7. The smallest absolute Gasteiger partial charge is 0.209 e. The molecule has 5 heteroatoms. The highest BCUT2D eigenvalue weighted by Crippen LogP contribution is 2.23. The van der Waals surface area contributed by atoms with E-state index in [2.05, 4.69) is 10.3 Å². The van der Waals surface area contributed by atoms with Gasteiger partial charge in [-0.3, -0.25) is 0 Å². The summed E-state index contributed by atoms with van der Waals surface area (Å²) >= 11 is 0. The van der Waals surface area contributed by atoms with Crippen molar-refractivity contribution >= 4 is 0 Å². The number of aromatic nitrogens is 1. The van der Waals surface area contributed by atoms with E-state index in [1.165, 1.54) is 0 Å². The minimum absolute atomic E-state index is 0.588. The lowest BCUT2D eigenvalue weighted by Crippen LogP contribution is -2.18. The van der Waals surface area contributed by atoms with Crippen molar-refractivity contribution in [3.05, 3.63) is 30.0 Å². The van der Waals surface area contributed by atoms with E-state index in [4.69, 9.17) is 13.6 Å². The minimum atomic E-state index is 0.588. The number of ether oxygens (including phenoxy) is 1. The van der Waals surface area contributed by atoms with Crippen molar-refractivity contribution in [1.82, 2.24) is 10.3 Å². The third kappa shape index (κ3) is 3.21. The summed E-state index contributed by atoms with van der Waals surface area (Å²) < 4.78 is 16.1. The average Bonchev–Trinajstić information content (AvgIpc) is 3.03. The SMILES string of the molecule is CCc1ccc(-c2cnc(CNCCOC)o2)o1. The molecule has 0 radical (unpaired) electrons. The second-order valence-corrected chi connectivity index (χ2v) is 3.91. The molecular formula is C13H18N2O3. The van der Waals surface area contributed by atoms with Crippen LogP contribution in [0.25, 0.3) is 11.5 Å².